The quantitative estimate of drug-likeness (QED) is 0.788. The van der Waals surface area contributed by atoms with Crippen molar-refractivity contribution in [2.75, 3.05) is 20.2 Å². The highest BCUT2D eigenvalue weighted by Gasteiger charge is 2.10. The third-order valence-electron chi connectivity index (χ3n) is 2.99. The summed E-state index contributed by atoms with van der Waals surface area (Å²) in [6, 6.07) is 7.79. The minimum atomic E-state index is 0.656. The summed E-state index contributed by atoms with van der Waals surface area (Å²) < 4.78 is 11.1. The number of aromatic nitrogens is 1. The lowest BCUT2D eigenvalue weighted by Crippen LogP contribution is -2.22. The Morgan fingerprint density at radius 1 is 1.30 bits per heavy atom. The lowest BCUT2D eigenvalue weighted by molar-refractivity contribution is 0.413. The number of benzene rings is 1. The number of nitrogens with zero attached hydrogens (tertiary/aromatic N) is 1. The van der Waals surface area contributed by atoms with Gasteiger partial charge in [0.1, 0.15) is 5.75 Å². The van der Waals surface area contributed by atoms with E-state index in [1.54, 1.807) is 13.3 Å². The van der Waals surface area contributed by atoms with Gasteiger partial charge in [0, 0.05) is 13.0 Å². The maximum absolute atomic E-state index is 5.79. The molecule has 2 rings (SSSR count). The molecule has 20 heavy (non-hydrogen) atoms. The van der Waals surface area contributed by atoms with Crippen LogP contribution in [0.5, 0.6) is 5.75 Å². The van der Waals surface area contributed by atoms with Crippen LogP contribution < -0.4 is 10.1 Å². The molecule has 0 aliphatic heterocycles. The van der Waals surface area contributed by atoms with Crippen LogP contribution in [-0.4, -0.2) is 25.2 Å². The Labute approximate surface area is 120 Å². The zero-order chi connectivity index (χ0) is 14.4. The first-order chi connectivity index (χ1) is 9.70. The standard InChI is InChI=1S/C16H22N2O2/c1-12(2)10-17-9-8-16-18-11-15(20-16)13-6-4-5-7-14(13)19-3/h4-7,11-12,17H,8-10H2,1-3H3. The highest BCUT2D eigenvalue weighted by Crippen LogP contribution is 2.29. The van der Waals surface area contributed by atoms with Crippen LogP contribution >= 0.6 is 0 Å². The second-order valence-corrected chi connectivity index (χ2v) is 5.17. The van der Waals surface area contributed by atoms with Crippen LogP contribution in [0.4, 0.5) is 0 Å². The van der Waals surface area contributed by atoms with Gasteiger partial charge in [0.15, 0.2) is 11.7 Å². The van der Waals surface area contributed by atoms with Crippen molar-refractivity contribution in [2.45, 2.75) is 20.3 Å². The summed E-state index contributed by atoms with van der Waals surface area (Å²) in [4.78, 5) is 4.32. The predicted molar refractivity (Wildman–Crippen MR) is 79.9 cm³/mol. The Bertz CT molecular complexity index is 535. The van der Waals surface area contributed by atoms with Crippen molar-refractivity contribution >= 4 is 0 Å². The van der Waals surface area contributed by atoms with Crippen LogP contribution in [0, 0.1) is 5.92 Å². The maximum atomic E-state index is 5.79. The van der Waals surface area contributed by atoms with Gasteiger partial charge in [-0.2, -0.15) is 0 Å². The molecule has 0 unspecified atom stereocenters. The van der Waals surface area contributed by atoms with Gasteiger partial charge in [-0.3, -0.25) is 0 Å². The molecule has 1 heterocycles. The van der Waals surface area contributed by atoms with Crippen molar-refractivity contribution in [3.63, 3.8) is 0 Å². The fourth-order valence-electron chi connectivity index (χ4n) is 1.98. The van der Waals surface area contributed by atoms with E-state index in [1.807, 2.05) is 24.3 Å². The van der Waals surface area contributed by atoms with Crippen LogP contribution in [0.1, 0.15) is 19.7 Å². The minimum absolute atomic E-state index is 0.656. The van der Waals surface area contributed by atoms with E-state index >= 15 is 0 Å². The first-order valence-corrected chi connectivity index (χ1v) is 6.99. The Morgan fingerprint density at radius 3 is 2.85 bits per heavy atom. The van der Waals surface area contributed by atoms with Gasteiger partial charge in [-0.05, 0) is 24.6 Å². The molecule has 1 N–H and O–H groups in total. The van der Waals surface area contributed by atoms with Gasteiger partial charge in [0.2, 0.25) is 0 Å². The summed E-state index contributed by atoms with van der Waals surface area (Å²) in [7, 11) is 1.66. The third-order valence-corrected chi connectivity index (χ3v) is 2.99. The predicted octanol–water partition coefficient (Wildman–Crippen LogP) is 3.14. The Balaban J connectivity index is 1.98. The number of ether oxygens (including phenoxy) is 1. The Kier molecular flexibility index (Phi) is 5.18. The zero-order valence-electron chi connectivity index (χ0n) is 12.3. The number of oxazole rings is 1. The van der Waals surface area contributed by atoms with E-state index < -0.39 is 0 Å². The number of nitrogens with one attached hydrogen (secondary N) is 1. The molecule has 1 aromatic heterocycles. The molecule has 108 valence electrons. The van der Waals surface area contributed by atoms with E-state index in [4.69, 9.17) is 9.15 Å². The Morgan fingerprint density at radius 2 is 2.10 bits per heavy atom. The SMILES string of the molecule is COc1ccccc1-c1cnc(CCNCC(C)C)o1. The van der Waals surface area contributed by atoms with Gasteiger partial charge in [0.05, 0.1) is 18.9 Å². The van der Waals surface area contributed by atoms with Crippen LogP contribution in [0.2, 0.25) is 0 Å². The van der Waals surface area contributed by atoms with Crippen molar-refractivity contribution in [3.05, 3.63) is 36.4 Å². The van der Waals surface area contributed by atoms with E-state index in [0.717, 1.165) is 42.5 Å². The van der Waals surface area contributed by atoms with Crippen LogP contribution in [0.25, 0.3) is 11.3 Å². The topological polar surface area (TPSA) is 47.3 Å². The van der Waals surface area contributed by atoms with Gasteiger partial charge in [0.25, 0.3) is 0 Å². The minimum Gasteiger partial charge on any atom is -0.496 e. The van der Waals surface area contributed by atoms with Crippen LogP contribution in [-0.2, 0) is 6.42 Å². The molecule has 1 aromatic carbocycles. The number of rotatable bonds is 7. The fraction of sp³-hybridized carbons (Fsp3) is 0.438. The molecule has 4 nitrogen and oxygen atoms in total. The molecule has 0 atom stereocenters. The average Bonchev–Trinajstić information content (AvgIpc) is 2.92. The molecule has 4 heteroatoms. The molecule has 0 saturated heterocycles. The largest absolute Gasteiger partial charge is 0.496 e. The highest BCUT2D eigenvalue weighted by molar-refractivity contribution is 5.64. The van der Waals surface area contributed by atoms with E-state index in [0.29, 0.717) is 5.92 Å². The van der Waals surface area contributed by atoms with E-state index in [2.05, 4.69) is 24.1 Å². The van der Waals surface area contributed by atoms with Crippen molar-refractivity contribution < 1.29 is 9.15 Å². The number of hydrogen-bond acceptors (Lipinski definition) is 4. The van der Waals surface area contributed by atoms with Gasteiger partial charge in [-0.1, -0.05) is 26.0 Å². The number of methoxy groups -OCH3 is 1. The smallest absolute Gasteiger partial charge is 0.196 e. The average molecular weight is 274 g/mol. The molecule has 0 radical (unpaired) electrons. The van der Waals surface area contributed by atoms with Crippen molar-refractivity contribution in [3.8, 4) is 17.1 Å². The van der Waals surface area contributed by atoms with E-state index in [1.165, 1.54) is 0 Å². The maximum Gasteiger partial charge on any atom is 0.196 e. The highest BCUT2D eigenvalue weighted by atomic mass is 16.5. The van der Waals surface area contributed by atoms with Crippen molar-refractivity contribution in [1.29, 1.82) is 0 Å². The second-order valence-electron chi connectivity index (χ2n) is 5.17. The second kappa shape index (κ2) is 7.10. The first-order valence-electron chi connectivity index (χ1n) is 6.99. The van der Waals surface area contributed by atoms with Crippen molar-refractivity contribution in [1.82, 2.24) is 10.3 Å². The van der Waals surface area contributed by atoms with Crippen molar-refractivity contribution in [2.24, 2.45) is 5.92 Å². The summed E-state index contributed by atoms with van der Waals surface area (Å²) in [5, 5.41) is 3.38. The molecule has 0 aliphatic carbocycles. The van der Waals surface area contributed by atoms with Gasteiger partial charge in [-0.15, -0.1) is 0 Å². The monoisotopic (exact) mass is 274 g/mol. The summed E-state index contributed by atoms with van der Waals surface area (Å²) in [6.45, 7) is 6.28. The molecule has 0 saturated carbocycles. The molecule has 0 spiro atoms. The summed E-state index contributed by atoms with van der Waals surface area (Å²) in [5.41, 5.74) is 0.934. The molecule has 0 amide bonds. The lowest BCUT2D eigenvalue weighted by Gasteiger charge is -2.06. The van der Waals surface area contributed by atoms with Gasteiger partial charge < -0.3 is 14.5 Å². The normalized spacial score (nSPS) is 11.0. The van der Waals surface area contributed by atoms with E-state index in [-0.39, 0.29) is 0 Å². The molecule has 0 fully saturated rings. The molecule has 0 bridgehead atoms. The number of para-hydroxylation sites is 1. The first kappa shape index (κ1) is 14.6. The molecular formula is C16H22N2O2. The molecular weight excluding hydrogens is 252 g/mol. The zero-order valence-corrected chi connectivity index (χ0v) is 12.3. The summed E-state index contributed by atoms with van der Waals surface area (Å²) >= 11 is 0. The lowest BCUT2D eigenvalue weighted by atomic mass is 10.1. The molecule has 0 aliphatic rings. The van der Waals surface area contributed by atoms with Gasteiger partial charge in [-0.25, -0.2) is 4.98 Å². The van der Waals surface area contributed by atoms with E-state index in [9.17, 15) is 0 Å². The van der Waals surface area contributed by atoms with Crippen LogP contribution in [0.3, 0.4) is 0 Å². The summed E-state index contributed by atoms with van der Waals surface area (Å²) in [5.74, 6) is 2.96. The van der Waals surface area contributed by atoms with Gasteiger partial charge >= 0.3 is 0 Å². The number of hydrogen-bond donors (Lipinski definition) is 1. The van der Waals surface area contributed by atoms with Crippen LogP contribution in [0.15, 0.2) is 34.9 Å². The molecule has 2 aromatic rings. The third kappa shape index (κ3) is 3.84. The Hall–Kier alpha value is -1.81. The fourth-order valence-corrected chi connectivity index (χ4v) is 1.98. The summed E-state index contributed by atoms with van der Waals surface area (Å²) in [6.07, 6.45) is 2.55.